The summed E-state index contributed by atoms with van der Waals surface area (Å²) in [6, 6.07) is 5.68. The molecule has 1 aromatic carbocycles. The Morgan fingerprint density at radius 2 is 2.29 bits per heavy atom. The molecule has 1 atom stereocenters. The van der Waals surface area contributed by atoms with E-state index in [1.54, 1.807) is 13.0 Å². The second-order valence-corrected chi connectivity index (χ2v) is 2.83. The maximum Gasteiger partial charge on any atom is 0.260 e. The number of carbonyl (C=O) groups excluding carboxylic acids is 1. The van der Waals surface area contributed by atoms with Crippen LogP contribution in [0.25, 0.3) is 0 Å². The molecule has 1 amide bonds. The molecular weight excluding hydrogens is 185 g/mol. The first-order chi connectivity index (χ1) is 6.63. The molecule has 1 rings (SSSR count). The van der Waals surface area contributed by atoms with Crippen LogP contribution in [0.15, 0.2) is 24.3 Å². The zero-order valence-corrected chi connectivity index (χ0v) is 8.08. The van der Waals surface area contributed by atoms with Crippen molar-refractivity contribution in [3.05, 3.63) is 30.1 Å². The molecule has 4 heteroatoms. The molecule has 0 radical (unpaired) electrons. The van der Waals surface area contributed by atoms with E-state index in [-0.39, 0.29) is 11.7 Å². The Hall–Kier alpha value is -1.58. The summed E-state index contributed by atoms with van der Waals surface area (Å²) in [5.41, 5.74) is 0. The SMILES string of the molecule is CNC(=O)C(C)Oc1cccc(F)c1. The third-order valence-electron chi connectivity index (χ3n) is 1.72. The number of carbonyl (C=O) groups is 1. The van der Waals surface area contributed by atoms with Crippen molar-refractivity contribution in [2.24, 2.45) is 0 Å². The fraction of sp³-hybridized carbons (Fsp3) is 0.300. The van der Waals surface area contributed by atoms with Gasteiger partial charge in [0.2, 0.25) is 0 Å². The summed E-state index contributed by atoms with van der Waals surface area (Å²) >= 11 is 0. The first-order valence-corrected chi connectivity index (χ1v) is 4.27. The van der Waals surface area contributed by atoms with Gasteiger partial charge in [-0.1, -0.05) is 6.07 Å². The van der Waals surface area contributed by atoms with E-state index in [4.69, 9.17) is 4.74 Å². The zero-order valence-electron chi connectivity index (χ0n) is 8.08. The van der Waals surface area contributed by atoms with Gasteiger partial charge in [-0.2, -0.15) is 0 Å². The van der Waals surface area contributed by atoms with Crippen LogP contribution in [0.2, 0.25) is 0 Å². The molecule has 1 aromatic rings. The number of hydrogen-bond donors (Lipinski definition) is 1. The lowest BCUT2D eigenvalue weighted by atomic mass is 10.3. The van der Waals surface area contributed by atoms with Crippen LogP contribution < -0.4 is 10.1 Å². The van der Waals surface area contributed by atoms with Crippen molar-refractivity contribution < 1.29 is 13.9 Å². The van der Waals surface area contributed by atoms with Crippen molar-refractivity contribution in [1.29, 1.82) is 0 Å². The van der Waals surface area contributed by atoms with Gasteiger partial charge in [0, 0.05) is 13.1 Å². The monoisotopic (exact) mass is 197 g/mol. The summed E-state index contributed by atoms with van der Waals surface area (Å²) in [6.45, 7) is 1.60. The van der Waals surface area contributed by atoms with E-state index in [1.807, 2.05) is 0 Å². The molecule has 0 aliphatic heterocycles. The molecule has 0 aliphatic carbocycles. The molecule has 0 heterocycles. The van der Waals surface area contributed by atoms with Gasteiger partial charge in [-0.25, -0.2) is 4.39 Å². The molecule has 0 aliphatic rings. The van der Waals surface area contributed by atoms with E-state index in [0.717, 1.165) is 0 Å². The molecule has 0 spiro atoms. The van der Waals surface area contributed by atoms with Gasteiger partial charge in [-0.15, -0.1) is 0 Å². The van der Waals surface area contributed by atoms with Crippen LogP contribution in [0, 0.1) is 5.82 Å². The van der Waals surface area contributed by atoms with Gasteiger partial charge in [-0.05, 0) is 19.1 Å². The van der Waals surface area contributed by atoms with E-state index in [1.165, 1.54) is 25.2 Å². The highest BCUT2D eigenvalue weighted by Crippen LogP contribution is 2.13. The highest BCUT2D eigenvalue weighted by atomic mass is 19.1. The van der Waals surface area contributed by atoms with Crippen LogP contribution >= 0.6 is 0 Å². The molecule has 3 nitrogen and oxygen atoms in total. The molecule has 1 unspecified atom stereocenters. The zero-order chi connectivity index (χ0) is 10.6. The van der Waals surface area contributed by atoms with Crippen LogP contribution in [-0.2, 0) is 4.79 Å². The number of hydrogen-bond acceptors (Lipinski definition) is 2. The van der Waals surface area contributed by atoms with Crippen LogP contribution in [-0.4, -0.2) is 19.1 Å². The van der Waals surface area contributed by atoms with Gasteiger partial charge >= 0.3 is 0 Å². The Morgan fingerprint density at radius 3 is 2.86 bits per heavy atom. The van der Waals surface area contributed by atoms with Crippen molar-refractivity contribution in [2.75, 3.05) is 7.05 Å². The lowest BCUT2D eigenvalue weighted by Gasteiger charge is -2.12. The molecule has 0 fully saturated rings. The Labute approximate surface area is 81.9 Å². The van der Waals surface area contributed by atoms with Crippen LogP contribution in [0.3, 0.4) is 0 Å². The minimum absolute atomic E-state index is 0.241. The quantitative estimate of drug-likeness (QED) is 0.794. The molecule has 0 saturated carbocycles. The number of nitrogens with one attached hydrogen (secondary N) is 1. The Balaban J connectivity index is 2.64. The molecule has 14 heavy (non-hydrogen) atoms. The minimum Gasteiger partial charge on any atom is -0.481 e. The van der Waals surface area contributed by atoms with E-state index in [9.17, 15) is 9.18 Å². The third kappa shape index (κ3) is 2.73. The van der Waals surface area contributed by atoms with Crippen LogP contribution in [0.5, 0.6) is 5.75 Å². The maximum atomic E-state index is 12.7. The lowest BCUT2D eigenvalue weighted by Crippen LogP contribution is -2.33. The fourth-order valence-electron chi connectivity index (χ4n) is 1.00. The van der Waals surface area contributed by atoms with Gasteiger partial charge in [-0.3, -0.25) is 4.79 Å². The number of benzene rings is 1. The number of halogens is 1. The number of rotatable bonds is 3. The van der Waals surface area contributed by atoms with Gasteiger partial charge < -0.3 is 10.1 Å². The average molecular weight is 197 g/mol. The molecule has 0 aromatic heterocycles. The average Bonchev–Trinajstić information content (AvgIpc) is 2.16. The number of amides is 1. The van der Waals surface area contributed by atoms with E-state index in [2.05, 4.69) is 5.32 Å². The fourth-order valence-corrected chi connectivity index (χ4v) is 1.00. The summed E-state index contributed by atoms with van der Waals surface area (Å²) in [7, 11) is 1.52. The Kier molecular flexibility index (Phi) is 3.45. The Morgan fingerprint density at radius 1 is 1.57 bits per heavy atom. The first kappa shape index (κ1) is 10.5. The molecule has 0 bridgehead atoms. The molecular formula is C10H12FNO2. The normalized spacial score (nSPS) is 11.9. The van der Waals surface area contributed by atoms with Gasteiger partial charge in [0.05, 0.1) is 0 Å². The summed E-state index contributed by atoms with van der Waals surface area (Å²) in [4.78, 5) is 11.1. The summed E-state index contributed by atoms with van der Waals surface area (Å²) < 4.78 is 17.9. The first-order valence-electron chi connectivity index (χ1n) is 4.27. The highest BCUT2D eigenvalue weighted by Gasteiger charge is 2.12. The predicted octanol–water partition coefficient (Wildman–Crippen LogP) is 1.34. The molecule has 0 saturated heterocycles. The van der Waals surface area contributed by atoms with E-state index in [0.29, 0.717) is 5.75 Å². The highest BCUT2D eigenvalue weighted by molar-refractivity contribution is 5.80. The summed E-state index contributed by atoms with van der Waals surface area (Å²) in [6.07, 6.45) is -0.623. The van der Waals surface area contributed by atoms with Crippen molar-refractivity contribution in [3.8, 4) is 5.75 Å². The van der Waals surface area contributed by atoms with Gasteiger partial charge in [0.15, 0.2) is 6.10 Å². The van der Waals surface area contributed by atoms with Crippen molar-refractivity contribution in [3.63, 3.8) is 0 Å². The minimum atomic E-state index is -0.623. The second kappa shape index (κ2) is 4.60. The van der Waals surface area contributed by atoms with Crippen LogP contribution in [0.1, 0.15) is 6.92 Å². The van der Waals surface area contributed by atoms with Gasteiger partial charge in [0.1, 0.15) is 11.6 Å². The van der Waals surface area contributed by atoms with E-state index >= 15 is 0 Å². The largest absolute Gasteiger partial charge is 0.481 e. The van der Waals surface area contributed by atoms with Crippen molar-refractivity contribution >= 4 is 5.91 Å². The summed E-state index contributed by atoms with van der Waals surface area (Å²) in [5.74, 6) is -0.276. The van der Waals surface area contributed by atoms with E-state index < -0.39 is 6.10 Å². The Bertz CT molecular complexity index is 328. The smallest absolute Gasteiger partial charge is 0.260 e. The second-order valence-electron chi connectivity index (χ2n) is 2.83. The van der Waals surface area contributed by atoms with Crippen LogP contribution in [0.4, 0.5) is 4.39 Å². The lowest BCUT2D eigenvalue weighted by molar-refractivity contribution is -0.126. The van der Waals surface area contributed by atoms with Crippen molar-refractivity contribution in [1.82, 2.24) is 5.32 Å². The topological polar surface area (TPSA) is 38.3 Å². The standard InChI is InChI=1S/C10H12FNO2/c1-7(10(13)12-2)14-9-5-3-4-8(11)6-9/h3-7H,1-2H3,(H,12,13). The number of likely N-dealkylation sites (N-methyl/N-ethyl adjacent to an activating group) is 1. The van der Waals surface area contributed by atoms with Gasteiger partial charge in [0.25, 0.3) is 5.91 Å². The summed E-state index contributed by atoms with van der Waals surface area (Å²) in [5, 5.41) is 2.44. The molecule has 1 N–H and O–H groups in total. The number of ether oxygens (including phenoxy) is 1. The maximum absolute atomic E-state index is 12.7. The van der Waals surface area contributed by atoms with Crippen molar-refractivity contribution in [2.45, 2.75) is 13.0 Å². The third-order valence-corrected chi connectivity index (χ3v) is 1.72. The predicted molar refractivity (Wildman–Crippen MR) is 50.6 cm³/mol. The molecule has 76 valence electrons.